The Morgan fingerprint density at radius 2 is 2.27 bits per heavy atom. The Kier molecular flexibility index (Phi) is 4.48. The van der Waals surface area contributed by atoms with Gasteiger partial charge in [0.25, 0.3) is 5.72 Å². The number of nitrogens with one attached hydrogen (secondary N) is 1. The maximum absolute atomic E-state index is 12.1. The molecule has 1 aromatic rings. The van der Waals surface area contributed by atoms with Gasteiger partial charge in [-0.15, -0.1) is 0 Å². The number of anilines is 1. The summed E-state index contributed by atoms with van der Waals surface area (Å²) in [5.41, 5.74) is -2.95. The number of hydrogen-bond donors (Lipinski definition) is 4. The van der Waals surface area contributed by atoms with Gasteiger partial charge in [0, 0.05) is 12.2 Å². The fraction of sp³-hybridized carbons (Fsp3) is 0.615. The van der Waals surface area contributed by atoms with Crippen molar-refractivity contribution in [3.8, 4) is 6.07 Å². The molecular formula is C13H18N4O5. The van der Waals surface area contributed by atoms with Crippen molar-refractivity contribution in [2.45, 2.75) is 43.9 Å². The third-order valence-corrected chi connectivity index (χ3v) is 3.37. The highest BCUT2D eigenvalue weighted by Crippen LogP contribution is 2.34. The van der Waals surface area contributed by atoms with E-state index >= 15 is 0 Å². The molecule has 0 saturated carbocycles. The van der Waals surface area contributed by atoms with Crippen LogP contribution in [0.15, 0.2) is 17.1 Å². The number of aromatic nitrogens is 2. The van der Waals surface area contributed by atoms with Gasteiger partial charge in [0.2, 0.25) is 0 Å². The number of hydrogen-bond acceptors (Lipinski definition) is 8. The van der Waals surface area contributed by atoms with Crippen molar-refractivity contribution in [1.29, 1.82) is 5.26 Å². The third kappa shape index (κ3) is 2.57. The fourth-order valence-corrected chi connectivity index (χ4v) is 2.33. The largest absolute Gasteiger partial charge is 0.394 e. The Morgan fingerprint density at radius 3 is 2.73 bits per heavy atom. The summed E-state index contributed by atoms with van der Waals surface area (Å²) < 4.78 is 6.06. The lowest BCUT2D eigenvalue weighted by Gasteiger charge is -2.26. The molecular weight excluding hydrogens is 292 g/mol. The average molecular weight is 310 g/mol. The van der Waals surface area contributed by atoms with Crippen molar-refractivity contribution in [2.75, 3.05) is 11.9 Å². The van der Waals surface area contributed by atoms with E-state index < -0.39 is 36.3 Å². The summed E-state index contributed by atoms with van der Waals surface area (Å²) in [5, 5.41) is 41.3. The molecule has 1 saturated heterocycles. The van der Waals surface area contributed by atoms with E-state index in [4.69, 9.17) is 9.84 Å². The highest BCUT2D eigenvalue weighted by Gasteiger charge is 2.56. The number of nitriles is 1. The molecule has 22 heavy (non-hydrogen) atoms. The SMILES string of the molecule is CC(C)Nc1ccn(C2(C#N)OC(CO)C(O)C2O)c(=O)n1. The van der Waals surface area contributed by atoms with Crippen molar-refractivity contribution in [2.24, 2.45) is 0 Å². The predicted octanol–water partition coefficient (Wildman–Crippen LogP) is -1.65. The molecule has 1 aromatic heterocycles. The van der Waals surface area contributed by atoms with Crippen LogP contribution in [0.4, 0.5) is 5.82 Å². The van der Waals surface area contributed by atoms with Crippen molar-refractivity contribution in [3.63, 3.8) is 0 Å². The van der Waals surface area contributed by atoms with Gasteiger partial charge in [-0.25, -0.2) is 4.79 Å². The standard InChI is InChI=1S/C13H18N4O5/c1-7(2)15-9-3-4-17(12(21)16-9)13(6-14)11(20)10(19)8(5-18)22-13/h3-4,7-8,10-11,18-20H,5H2,1-2H3,(H,15,16,21). The second kappa shape index (κ2) is 6.02. The van der Waals surface area contributed by atoms with E-state index in [1.54, 1.807) is 6.07 Å². The van der Waals surface area contributed by atoms with Crippen LogP contribution in [0, 0.1) is 11.3 Å². The van der Waals surface area contributed by atoms with E-state index in [-0.39, 0.29) is 6.04 Å². The van der Waals surface area contributed by atoms with Crippen LogP contribution in [-0.2, 0) is 10.5 Å². The quantitative estimate of drug-likeness (QED) is 0.518. The molecule has 9 heteroatoms. The first-order valence-corrected chi connectivity index (χ1v) is 6.78. The van der Waals surface area contributed by atoms with Crippen LogP contribution in [-0.4, -0.2) is 55.8 Å². The van der Waals surface area contributed by atoms with Crippen LogP contribution in [0.2, 0.25) is 0 Å². The molecule has 1 fully saturated rings. The van der Waals surface area contributed by atoms with Gasteiger partial charge in [-0.2, -0.15) is 10.2 Å². The number of aliphatic hydroxyl groups excluding tert-OH is 3. The Labute approximate surface area is 126 Å². The van der Waals surface area contributed by atoms with Crippen LogP contribution in [0.3, 0.4) is 0 Å². The molecule has 4 unspecified atom stereocenters. The predicted molar refractivity (Wildman–Crippen MR) is 74.8 cm³/mol. The summed E-state index contributed by atoms with van der Waals surface area (Å²) in [7, 11) is 0. The molecule has 9 nitrogen and oxygen atoms in total. The van der Waals surface area contributed by atoms with Crippen LogP contribution in [0.5, 0.6) is 0 Å². The zero-order chi connectivity index (χ0) is 16.5. The smallest absolute Gasteiger partial charge is 0.352 e. The van der Waals surface area contributed by atoms with Crippen LogP contribution < -0.4 is 11.0 Å². The van der Waals surface area contributed by atoms with Crippen molar-refractivity contribution >= 4 is 5.82 Å². The molecule has 4 atom stereocenters. The number of rotatable bonds is 4. The first kappa shape index (κ1) is 16.4. The lowest BCUT2D eigenvalue weighted by Crippen LogP contribution is -2.49. The fourth-order valence-electron chi connectivity index (χ4n) is 2.33. The Balaban J connectivity index is 2.45. The minimum atomic E-state index is -2.13. The highest BCUT2D eigenvalue weighted by atomic mass is 16.6. The monoisotopic (exact) mass is 310 g/mol. The minimum absolute atomic E-state index is 0.0570. The van der Waals surface area contributed by atoms with Crippen molar-refractivity contribution in [1.82, 2.24) is 9.55 Å². The average Bonchev–Trinajstić information content (AvgIpc) is 2.72. The van der Waals surface area contributed by atoms with E-state index in [1.165, 1.54) is 12.3 Å². The molecule has 0 aromatic carbocycles. The van der Waals surface area contributed by atoms with Gasteiger partial charge in [0.15, 0.2) is 0 Å². The van der Waals surface area contributed by atoms with Crippen molar-refractivity contribution in [3.05, 3.63) is 22.7 Å². The summed E-state index contributed by atoms with van der Waals surface area (Å²) in [6, 6.07) is 3.21. The Hall–Kier alpha value is -1.99. The summed E-state index contributed by atoms with van der Waals surface area (Å²) in [4.78, 5) is 15.9. The summed E-state index contributed by atoms with van der Waals surface area (Å²) in [5.74, 6) is 0.316. The molecule has 0 radical (unpaired) electrons. The molecule has 0 spiro atoms. The zero-order valence-corrected chi connectivity index (χ0v) is 12.2. The number of aliphatic hydroxyl groups is 3. The third-order valence-electron chi connectivity index (χ3n) is 3.37. The van der Waals surface area contributed by atoms with E-state index in [0.717, 1.165) is 4.57 Å². The van der Waals surface area contributed by atoms with Gasteiger partial charge in [-0.3, -0.25) is 4.57 Å². The Bertz CT molecular complexity index is 640. The summed E-state index contributed by atoms with van der Waals surface area (Å²) in [6.45, 7) is 3.14. The Morgan fingerprint density at radius 1 is 1.59 bits per heavy atom. The van der Waals surface area contributed by atoms with E-state index in [9.17, 15) is 20.3 Å². The van der Waals surface area contributed by atoms with Crippen LogP contribution >= 0.6 is 0 Å². The molecule has 2 rings (SSSR count). The van der Waals surface area contributed by atoms with Crippen LogP contribution in [0.25, 0.3) is 0 Å². The molecule has 0 bridgehead atoms. The van der Waals surface area contributed by atoms with E-state index in [0.29, 0.717) is 5.82 Å². The molecule has 0 amide bonds. The number of nitrogens with zero attached hydrogens (tertiary/aromatic N) is 3. The van der Waals surface area contributed by atoms with Gasteiger partial charge >= 0.3 is 5.69 Å². The van der Waals surface area contributed by atoms with Crippen molar-refractivity contribution < 1.29 is 20.1 Å². The second-order valence-corrected chi connectivity index (χ2v) is 5.35. The first-order chi connectivity index (χ1) is 10.4. The normalized spacial score (nSPS) is 31.2. The highest BCUT2D eigenvalue weighted by molar-refractivity contribution is 5.33. The molecule has 120 valence electrons. The molecule has 1 aliphatic heterocycles. The minimum Gasteiger partial charge on any atom is -0.394 e. The maximum atomic E-state index is 12.1. The molecule has 2 heterocycles. The molecule has 1 aliphatic rings. The topological polar surface area (TPSA) is 141 Å². The molecule has 0 aliphatic carbocycles. The van der Waals surface area contributed by atoms with E-state index in [2.05, 4.69) is 10.3 Å². The lowest BCUT2D eigenvalue weighted by atomic mass is 10.0. The van der Waals surface area contributed by atoms with Gasteiger partial charge in [0.05, 0.1) is 6.61 Å². The second-order valence-electron chi connectivity index (χ2n) is 5.35. The van der Waals surface area contributed by atoms with E-state index in [1.807, 2.05) is 13.8 Å². The first-order valence-electron chi connectivity index (χ1n) is 6.78. The summed E-state index contributed by atoms with van der Waals surface area (Å²) >= 11 is 0. The summed E-state index contributed by atoms with van der Waals surface area (Å²) in [6.07, 6.45) is -3.11. The van der Waals surface area contributed by atoms with Gasteiger partial charge in [0.1, 0.15) is 30.2 Å². The zero-order valence-electron chi connectivity index (χ0n) is 12.2. The van der Waals surface area contributed by atoms with Gasteiger partial charge in [-0.1, -0.05) is 0 Å². The maximum Gasteiger partial charge on any atom is 0.352 e. The molecule has 4 N–H and O–H groups in total. The van der Waals surface area contributed by atoms with Crippen LogP contribution in [0.1, 0.15) is 13.8 Å². The van der Waals surface area contributed by atoms with Gasteiger partial charge in [-0.05, 0) is 19.9 Å². The van der Waals surface area contributed by atoms with Gasteiger partial charge < -0.3 is 25.4 Å². The lowest BCUT2D eigenvalue weighted by molar-refractivity contribution is -0.109. The number of ether oxygens (including phenoxy) is 1.